The Hall–Kier alpha value is -2.58. The first-order chi connectivity index (χ1) is 14.7. The summed E-state index contributed by atoms with van der Waals surface area (Å²) in [4.78, 5) is 14.8. The van der Waals surface area contributed by atoms with Crippen molar-refractivity contribution in [3.8, 4) is 5.75 Å². The number of carbonyl (C=O) groups excluding carboxylic acids is 1. The van der Waals surface area contributed by atoms with Crippen LogP contribution in [0.25, 0.3) is 0 Å². The van der Waals surface area contributed by atoms with Gasteiger partial charge in [-0.15, -0.1) is 0 Å². The third-order valence-corrected chi connectivity index (χ3v) is 6.89. The molecule has 0 spiro atoms. The van der Waals surface area contributed by atoms with Crippen molar-refractivity contribution in [2.24, 2.45) is 0 Å². The van der Waals surface area contributed by atoms with Gasteiger partial charge in [0, 0.05) is 30.9 Å². The number of nitrogens with zero attached hydrogens (tertiary/aromatic N) is 1. The average Bonchev–Trinajstić information content (AvgIpc) is 2.71. The van der Waals surface area contributed by atoms with Crippen LogP contribution in [-0.2, 0) is 14.8 Å². The predicted octanol–water partition coefficient (Wildman–Crippen LogP) is 3.83. The van der Waals surface area contributed by atoms with Crippen molar-refractivity contribution < 1.29 is 22.7 Å². The summed E-state index contributed by atoms with van der Waals surface area (Å²) in [6.45, 7) is 6.84. The second kappa shape index (κ2) is 9.70. The minimum Gasteiger partial charge on any atom is -0.494 e. The van der Waals surface area contributed by atoms with Gasteiger partial charge in [0.15, 0.2) is 0 Å². The number of aryl methyl sites for hydroxylation is 1. The summed E-state index contributed by atoms with van der Waals surface area (Å²) in [5, 5.41) is 0. The highest BCUT2D eigenvalue weighted by Gasteiger charge is 2.35. The first-order valence-electron chi connectivity index (χ1n) is 10.5. The lowest BCUT2D eigenvalue weighted by Gasteiger charge is -2.40. The van der Waals surface area contributed by atoms with Crippen molar-refractivity contribution >= 4 is 21.6 Å². The molecule has 2 aromatic rings. The average molecular weight is 447 g/mol. The lowest BCUT2D eigenvalue weighted by atomic mass is 9.87. The SMILES string of the molecule is CCOc1ccc(NS(=O)(=O)c2ccc(C)c(C(=O)N(C)C3CC(OCC)C3)c2)cc1. The van der Waals surface area contributed by atoms with E-state index in [0.29, 0.717) is 30.2 Å². The van der Waals surface area contributed by atoms with E-state index in [1.54, 1.807) is 49.2 Å². The minimum absolute atomic E-state index is 0.0459. The Bertz CT molecular complexity index is 1010. The van der Waals surface area contributed by atoms with Crippen molar-refractivity contribution in [1.82, 2.24) is 4.90 Å². The highest BCUT2D eigenvalue weighted by atomic mass is 32.2. The van der Waals surface area contributed by atoms with Crippen molar-refractivity contribution in [3.63, 3.8) is 0 Å². The topological polar surface area (TPSA) is 84.9 Å². The molecule has 31 heavy (non-hydrogen) atoms. The molecule has 0 bridgehead atoms. The van der Waals surface area contributed by atoms with Crippen molar-refractivity contribution in [2.75, 3.05) is 25.0 Å². The minimum atomic E-state index is -3.85. The van der Waals surface area contributed by atoms with Gasteiger partial charge in [-0.3, -0.25) is 9.52 Å². The predicted molar refractivity (Wildman–Crippen MR) is 120 cm³/mol. The third-order valence-electron chi connectivity index (χ3n) is 5.51. The Balaban J connectivity index is 1.75. The number of amides is 1. The van der Waals surface area contributed by atoms with Gasteiger partial charge in [-0.2, -0.15) is 0 Å². The van der Waals surface area contributed by atoms with Gasteiger partial charge in [-0.25, -0.2) is 8.42 Å². The van der Waals surface area contributed by atoms with E-state index in [4.69, 9.17) is 9.47 Å². The number of rotatable bonds is 9. The maximum absolute atomic E-state index is 13.1. The number of nitrogens with one attached hydrogen (secondary N) is 1. The van der Waals surface area contributed by atoms with Gasteiger partial charge < -0.3 is 14.4 Å². The fraction of sp³-hybridized carbons (Fsp3) is 0.435. The van der Waals surface area contributed by atoms with Crippen LogP contribution in [0.15, 0.2) is 47.4 Å². The first-order valence-corrected chi connectivity index (χ1v) is 12.0. The maximum atomic E-state index is 13.1. The second-order valence-electron chi connectivity index (χ2n) is 7.66. The lowest BCUT2D eigenvalue weighted by molar-refractivity contribution is -0.0344. The Kier molecular flexibility index (Phi) is 7.23. The fourth-order valence-electron chi connectivity index (χ4n) is 3.58. The zero-order valence-corrected chi connectivity index (χ0v) is 19.2. The van der Waals surface area contributed by atoms with Gasteiger partial charge in [0.2, 0.25) is 0 Å². The summed E-state index contributed by atoms with van der Waals surface area (Å²) in [6.07, 6.45) is 1.79. The number of hydrogen-bond acceptors (Lipinski definition) is 5. The van der Waals surface area contributed by atoms with E-state index < -0.39 is 10.0 Å². The second-order valence-corrected chi connectivity index (χ2v) is 9.34. The molecule has 0 radical (unpaired) electrons. The van der Waals surface area contributed by atoms with Crippen LogP contribution in [0.5, 0.6) is 5.75 Å². The van der Waals surface area contributed by atoms with Crippen molar-refractivity contribution in [2.45, 2.75) is 50.7 Å². The van der Waals surface area contributed by atoms with Gasteiger partial charge in [0.05, 0.1) is 17.6 Å². The van der Waals surface area contributed by atoms with Crippen LogP contribution in [0.2, 0.25) is 0 Å². The van der Waals surface area contributed by atoms with Gasteiger partial charge in [-0.1, -0.05) is 6.07 Å². The molecule has 0 aromatic heterocycles. The van der Waals surface area contributed by atoms with Crippen LogP contribution in [0.1, 0.15) is 42.6 Å². The van der Waals surface area contributed by atoms with Crippen molar-refractivity contribution in [1.29, 1.82) is 0 Å². The molecule has 7 nitrogen and oxygen atoms in total. The summed E-state index contributed by atoms with van der Waals surface area (Å²) < 4.78 is 39.3. The molecule has 0 heterocycles. The molecule has 1 N–H and O–H groups in total. The molecule has 8 heteroatoms. The van der Waals surface area contributed by atoms with Gasteiger partial charge in [-0.05, 0) is 75.6 Å². The molecule has 1 saturated carbocycles. The Morgan fingerprint density at radius 3 is 2.39 bits per heavy atom. The summed E-state index contributed by atoms with van der Waals surface area (Å²) >= 11 is 0. The maximum Gasteiger partial charge on any atom is 0.261 e. The summed E-state index contributed by atoms with van der Waals surface area (Å²) in [6, 6.07) is 11.4. The van der Waals surface area contributed by atoms with Crippen LogP contribution in [0.4, 0.5) is 5.69 Å². The highest BCUT2D eigenvalue weighted by Crippen LogP contribution is 2.29. The van der Waals surface area contributed by atoms with E-state index in [0.717, 1.165) is 18.4 Å². The molecule has 168 valence electrons. The zero-order valence-electron chi connectivity index (χ0n) is 18.4. The van der Waals surface area contributed by atoms with Crippen molar-refractivity contribution in [3.05, 3.63) is 53.6 Å². The first kappa shape index (κ1) is 23.1. The Labute approximate surface area is 184 Å². The van der Waals surface area contributed by atoms with Gasteiger partial charge in [0.25, 0.3) is 15.9 Å². The largest absolute Gasteiger partial charge is 0.494 e. The fourth-order valence-corrected chi connectivity index (χ4v) is 4.66. The van der Waals surface area contributed by atoms with E-state index in [1.165, 1.54) is 12.1 Å². The van der Waals surface area contributed by atoms with Crippen LogP contribution in [0, 0.1) is 6.92 Å². The van der Waals surface area contributed by atoms with Crippen LogP contribution >= 0.6 is 0 Å². The van der Waals surface area contributed by atoms with Gasteiger partial charge in [0.1, 0.15) is 5.75 Å². The van der Waals surface area contributed by atoms with E-state index in [1.807, 2.05) is 13.8 Å². The lowest BCUT2D eigenvalue weighted by Crippen LogP contribution is -2.48. The number of hydrogen-bond donors (Lipinski definition) is 1. The van der Waals surface area contributed by atoms with E-state index in [2.05, 4.69) is 4.72 Å². The molecule has 0 saturated heterocycles. The molecule has 2 aromatic carbocycles. The summed E-state index contributed by atoms with van der Waals surface area (Å²) in [5.74, 6) is 0.481. The molecule has 1 amide bonds. The van der Waals surface area contributed by atoms with Crippen LogP contribution in [0.3, 0.4) is 0 Å². The molecule has 1 aliphatic carbocycles. The van der Waals surface area contributed by atoms with Crippen LogP contribution < -0.4 is 9.46 Å². The molecule has 1 aliphatic rings. The smallest absolute Gasteiger partial charge is 0.261 e. The third kappa shape index (κ3) is 5.37. The molecular weight excluding hydrogens is 416 g/mol. The number of benzene rings is 2. The number of sulfonamides is 1. The van der Waals surface area contributed by atoms with Crippen LogP contribution in [-0.4, -0.2) is 51.6 Å². The number of anilines is 1. The Morgan fingerprint density at radius 2 is 1.77 bits per heavy atom. The highest BCUT2D eigenvalue weighted by molar-refractivity contribution is 7.92. The quantitative estimate of drug-likeness (QED) is 0.633. The molecule has 0 atom stereocenters. The van der Waals surface area contributed by atoms with E-state index >= 15 is 0 Å². The van der Waals surface area contributed by atoms with Gasteiger partial charge >= 0.3 is 0 Å². The summed E-state index contributed by atoms with van der Waals surface area (Å²) in [7, 11) is -2.09. The monoisotopic (exact) mass is 446 g/mol. The molecular formula is C23H30N2O5S. The standard InChI is InChI=1S/C23H30N2O5S/c1-5-29-19-10-8-17(9-11-19)24-31(27,28)21-12-7-16(3)22(15-21)23(26)25(4)18-13-20(14-18)30-6-2/h7-12,15,18,20,24H,5-6,13-14H2,1-4H3. The molecule has 0 aliphatic heterocycles. The molecule has 1 fully saturated rings. The number of ether oxygens (including phenoxy) is 2. The molecule has 0 unspecified atom stereocenters. The zero-order chi connectivity index (χ0) is 22.6. The Morgan fingerprint density at radius 1 is 1.10 bits per heavy atom. The van der Waals surface area contributed by atoms with E-state index in [-0.39, 0.29) is 22.9 Å². The number of carbonyl (C=O) groups is 1. The van der Waals surface area contributed by atoms with E-state index in [9.17, 15) is 13.2 Å². The molecule has 3 rings (SSSR count). The normalized spacial score (nSPS) is 18.2. The summed E-state index contributed by atoms with van der Waals surface area (Å²) in [5.41, 5.74) is 1.54.